The quantitative estimate of drug-likeness (QED) is 0.340. The molecule has 0 unspecified atom stereocenters. The van der Waals surface area contributed by atoms with E-state index in [-0.39, 0.29) is 17.4 Å². The predicted molar refractivity (Wildman–Crippen MR) is 64.5 cm³/mol. The minimum atomic E-state index is -0.360. The van der Waals surface area contributed by atoms with E-state index in [2.05, 4.69) is 12.2 Å². The zero-order chi connectivity index (χ0) is 12.1. The third-order valence-corrected chi connectivity index (χ3v) is 2.19. The normalized spacial score (nSPS) is 9.62. The average Bonchev–Trinajstić information content (AvgIpc) is 2.28. The van der Waals surface area contributed by atoms with Crippen LogP contribution in [-0.4, -0.2) is 23.1 Å². The van der Waals surface area contributed by atoms with E-state index in [1.165, 1.54) is 0 Å². The van der Waals surface area contributed by atoms with Crippen molar-refractivity contribution in [3.05, 3.63) is 29.8 Å². The SMILES string of the molecule is COc1cccc(CC(=O)N(N)C(N)=S)c1. The molecule has 0 aliphatic carbocycles. The molecule has 0 bridgehead atoms. The maximum atomic E-state index is 11.5. The Balaban J connectivity index is 2.73. The van der Waals surface area contributed by atoms with Crippen LogP contribution in [0.25, 0.3) is 0 Å². The van der Waals surface area contributed by atoms with Gasteiger partial charge in [0.05, 0.1) is 13.5 Å². The Morgan fingerprint density at radius 1 is 1.56 bits per heavy atom. The van der Waals surface area contributed by atoms with Crippen LogP contribution in [0.2, 0.25) is 0 Å². The van der Waals surface area contributed by atoms with E-state index < -0.39 is 0 Å². The molecule has 1 amide bonds. The van der Waals surface area contributed by atoms with Crippen LogP contribution in [0.4, 0.5) is 0 Å². The Morgan fingerprint density at radius 3 is 2.81 bits per heavy atom. The standard InChI is InChI=1S/C10H13N3O2S/c1-15-8-4-2-3-7(5-8)6-9(14)13(12)10(11)16/h2-5H,6,12H2,1H3,(H2,11,16). The van der Waals surface area contributed by atoms with Crippen molar-refractivity contribution in [2.45, 2.75) is 6.42 Å². The van der Waals surface area contributed by atoms with Gasteiger partial charge in [-0.25, -0.2) is 10.9 Å². The molecule has 86 valence electrons. The summed E-state index contributed by atoms with van der Waals surface area (Å²) in [5, 5.41) is 0.613. The van der Waals surface area contributed by atoms with E-state index in [1.54, 1.807) is 31.4 Å². The first-order valence-electron chi connectivity index (χ1n) is 4.54. The lowest BCUT2D eigenvalue weighted by Crippen LogP contribution is -2.46. The van der Waals surface area contributed by atoms with Crippen LogP contribution < -0.4 is 16.3 Å². The number of amides is 1. The van der Waals surface area contributed by atoms with Gasteiger partial charge in [0, 0.05) is 0 Å². The van der Waals surface area contributed by atoms with Gasteiger partial charge in [-0.3, -0.25) is 4.79 Å². The van der Waals surface area contributed by atoms with Crippen molar-refractivity contribution in [3.8, 4) is 5.75 Å². The molecule has 0 fully saturated rings. The van der Waals surface area contributed by atoms with Gasteiger partial charge in [-0.2, -0.15) is 0 Å². The molecule has 4 N–H and O–H groups in total. The minimum absolute atomic E-state index is 0.130. The fraction of sp³-hybridized carbons (Fsp3) is 0.200. The molecule has 0 heterocycles. The number of hydrogen-bond acceptors (Lipinski definition) is 4. The third kappa shape index (κ3) is 3.18. The summed E-state index contributed by atoms with van der Waals surface area (Å²) in [6, 6.07) is 7.14. The third-order valence-electron chi connectivity index (χ3n) is 2.00. The number of hydrazine groups is 1. The highest BCUT2D eigenvalue weighted by Gasteiger charge is 2.12. The second-order valence-electron chi connectivity index (χ2n) is 3.13. The summed E-state index contributed by atoms with van der Waals surface area (Å²) in [7, 11) is 1.56. The van der Waals surface area contributed by atoms with Crippen molar-refractivity contribution in [2.24, 2.45) is 11.6 Å². The lowest BCUT2D eigenvalue weighted by molar-refractivity contribution is -0.126. The summed E-state index contributed by atoms with van der Waals surface area (Å²) in [5.41, 5.74) is 6.02. The van der Waals surface area contributed by atoms with Gasteiger partial charge in [-0.05, 0) is 29.9 Å². The maximum Gasteiger partial charge on any atom is 0.247 e. The fourth-order valence-corrected chi connectivity index (χ4v) is 1.27. The van der Waals surface area contributed by atoms with Crippen molar-refractivity contribution in [3.63, 3.8) is 0 Å². The Morgan fingerprint density at radius 2 is 2.25 bits per heavy atom. The molecule has 1 aromatic rings. The molecule has 1 rings (SSSR count). The summed E-state index contributed by atoms with van der Waals surface area (Å²) in [5.74, 6) is 5.69. The van der Waals surface area contributed by atoms with Crippen LogP contribution in [0.3, 0.4) is 0 Å². The highest BCUT2D eigenvalue weighted by atomic mass is 32.1. The average molecular weight is 239 g/mol. The highest BCUT2D eigenvalue weighted by molar-refractivity contribution is 7.80. The van der Waals surface area contributed by atoms with Crippen molar-refractivity contribution in [1.82, 2.24) is 5.01 Å². The first-order chi connectivity index (χ1) is 7.54. The fourth-order valence-electron chi connectivity index (χ4n) is 1.17. The monoisotopic (exact) mass is 239 g/mol. The van der Waals surface area contributed by atoms with Gasteiger partial charge in [0.1, 0.15) is 5.75 Å². The molecule has 6 heteroatoms. The van der Waals surface area contributed by atoms with E-state index in [1.807, 2.05) is 0 Å². The second kappa shape index (κ2) is 5.43. The Bertz CT molecular complexity index is 409. The number of hydrogen-bond donors (Lipinski definition) is 2. The zero-order valence-electron chi connectivity index (χ0n) is 8.84. The number of methoxy groups -OCH3 is 1. The van der Waals surface area contributed by atoms with Crippen molar-refractivity contribution in [1.29, 1.82) is 0 Å². The number of nitrogens with zero attached hydrogens (tertiary/aromatic N) is 1. The first-order valence-corrected chi connectivity index (χ1v) is 4.95. The van der Waals surface area contributed by atoms with Crippen molar-refractivity contribution >= 4 is 23.2 Å². The molecule has 0 aliphatic heterocycles. The van der Waals surface area contributed by atoms with Crippen LogP contribution in [0.1, 0.15) is 5.56 Å². The van der Waals surface area contributed by atoms with Gasteiger partial charge in [0.2, 0.25) is 5.91 Å². The van der Waals surface area contributed by atoms with Gasteiger partial charge in [-0.15, -0.1) is 0 Å². The summed E-state index contributed by atoms with van der Waals surface area (Å²) < 4.78 is 5.04. The second-order valence-corrected chi connectivity index (χ2v) is 3.55. The molecule has 0 aromatic heterocycles. The molecule has 0 saturated carbocycles. The number of rotatable bonds is 3. The molecule has 0 spiro atoms. The predicted octanol–water partition coefficient (Wildman–Crippen LogP) is 0.184. The van der Waals surface area contributed by atoms with Crippen LogP contribution >= 0.6 is 12.2 Å². The zero-order valence-corrected chi connectivity index (χ0v) is 9.66. The van der Waals surface area contributed by atoms with E-state index in [0.29, 0.717) is 5.75 Å². The Kier molecular flexibility index (Phi) is 4.21. The lowest BCUT2D eigenvalue weighted by atomic mass is 10.1. The Labute approximate surface area is 98.9 Å². The number of ether oxygens (including phenoxy) is 1. The summed E-state index contributed by atoms with van der Waals surface area (Å²) in [6.07, 6.45) is 0.130. The minimum Gasteiger partial charge on any atom is -0.497 e. The number of thiocarbonyl (C=S) groups is 1. The summed E-state index contributed by atoms with van der Waals surface area (Å²) in [6.45, 7) is 0. The molecule has 0 aliphatic rings. The number of carbonyl (C=O) groups is 1. The largest absolute Gasteiger partial charge is 0.497 e. The summed E-state index contributed by atoms with van der Waals surface area (Å²) >= 11 is 4.59. The van der Waals surface area contributed by atoms with Gasteiger partial charge in [-0.1, -0.05) is 12.1 Å². The van der Waals surface area contributed by atoms with E-state index in [4.69, 9.17) is 16.3 Å². The van der Waals surface area contributed by atoms with Crippen molar-refractivity contribution in [2.75, 3.05) is 7.11 Å². The molecule has 0 saturated heterocycles. The van der Waals surface area contributed by atoms with E-state index >= 15 is 0 Å². The van der Waals surface area contributed by atoms with E-state index in [9.17, 15) is 4.79 Å². The maximum absolute atomic E-state index is 11.5. The van der Waals surface area contributed by atoms with Crippen LogP contribution in [0.15, 0.2) is 24.3 Å². The molecular weight excluding hydrogens is 226 g/mol. The lowest BCUT2D eigenvalue weighted by Gasteiger charge is -2.14. The van der Waals surface area contributed by atoms with Crippen LogP contribution in [0.5, 0.6) is 5.75 Å². The molecular formula is C10H13N3O2S. The molecule has 5 nitrogen and oxygen atoms in total. The Hall–Kier alpha value is -1.66. The molecule has 0 radical (unpaired) electrons. The number of nitrogens with two attached hydrogens (primary N) is 2. The van der Waals surface area contributed by atoms with Gasteiger partial charge < -0.3 is 10.5 Å². The molecule has 0 atom stereocenters. The molecule has 1 aromatic carbocycles. The summed E-state index contributed by atoms with van der Waals surface area (Å²) in [4.78, 5) is 11.5. The highest BCUT2D eigenvalue weighted by Crippen LogP contribution is 2.13. The van der Waals surface area contributed by atoms with Gasteiger partial charge >= 0.3 is 0 Å². The molecule has 16 heavy (non-hydrogen) atoms. The van der Waals surface area contributed by atoms with Gasteiger partial charge in [0.25, 0.3) is 0 Å². The van der Waals surface area contributed by atoms with Crippen molar-refractivity contribution < 1.29 is 9.53 Å². The number of benzene rings is 1. The van der Waals surface area contributed by atoms with Crippen LogP contribution in [0, 0.1) is 0 Å². The van der Waals surface area contributed by atoms with Gasteiger partial charge in [0.15, 0.2) is 5.11 Å². The first kappa shape index (κ1) is 12.4. The number of carbonyl (C=O) groups excluding carboxylic acids is 1. The smallest absolute Gasteiger partial charge is 0.247 e. The van der Waals surface area contributed by atoms with E-state index in [0.717, 1.165) is 10.6 Å². The topological polar surface area (TPSA) is 81.6 Å². The van der Waals surface area contributed by atoms with Crippen LogP contribution in [-0.2, 0) is 11.2 Å².